The molecule has 0 bridgehead atoms. The highest BCUT2D eigenvalue weighted by atomic mass is 16.5. The van der Waals surface area contributed by atoms with Gasteiger partial charge in [0.15, 0.2) is 0 Å². The van der Waals surface area contributed by atoms with Crippen LogP contribution in [0.3, 0.4) is 0 Å². The highest BCUT2D eigenvalue weighted by Crippen LogP contribution is 2.37. The molecular formula is C20H15N5O. The van der Waals surface area contributed by atoms with E-state index in [0.29, 0.717) is 16.9 Å². The summed E-state index contributed by atoms with van der Waals surface area (Å²) in [5.74, 6) is 0.538. The van der Waals surface area contributed by atoms with Crippen molar-refractivity contribution in [1.82, 2.24) is 4.98 Å². The van der Waals surface area contributed by atoms with Crippen LogP contribution in [0, 0.1) is 22.7 Å². The fourth-order valence-corrected chi connectivity index (χ4v) is 2.64. The van der Waals surface area contributed by atoms with E-state index in [4.69, 9.17) is 16.2 Å². The average Bonchev–Trinajstić information content (AvgIpc) is 2.68. The summed E-state index contributed by atoms with van der Waals surface area (Å²) < 4.78 is 5.86. The van der Waals surface area contributed by atoms with E-state index in [1.807, 2.05) is 36.4 Å². The van der Waals surface area contributed by atoms with Gasteiger partial charge >= 0.3 is 0 Å². The number of hydrogen-bond acceptors (Lipinski definition) is 6. The Morgan fingerprint density at radius 2 is 1.58 bits per heavy atom. The molecule has 0 aliphatic heterocycles. The number of nitriles is 2. The van der Waals surface area contributed by atoms with E-state index in [0.717, 1.165) is 5.56 Å². The first-order valence-corrected chi connectivity index (χ1v) is 7.84. The molecule has 26 heavy (non-hydrogen) atoms. The Kier molecular flexibility index (Phi) is 4.80. The second kappa shape index (κ2) is 7.35. The minimum absolute atomic E-state index is 0.00517. The maximum Gasteiger partial charge on any atom is 0.239 e. The Hall–Kier alpha value is -3.87. The van der Waals surface area contributed by atoms with Crippen LogP contribution in [0.4, 0.5) is 5.82 Å². The van der Waals surface area contributed by atoms with Gasteiger partial charge in [0.05, 0.1) is 0 Å². The van der Waals surface area contributed by atoms with Gasteiger partial charge in [-0.05, 0) is 11.6 Å². The van der Waals surface area contributed by atoms with E-state index < -0.39 is 0 Å². The van der Waals surface area contributed by atoms with Gasteiger partial charge in [0.1, 0.15) is 34.8 Å². The van der Waals surface area contributed by atoms with Crippen molar-refractivity contribution < 1.29 is 4.74 Å². The van der Waals surface area contributed by atoms with Crippen LogP contribution in [0.2, 0.25) is 0 Å². The van der Waals surface area contributed by atoms with E-state index in [1.165, 1.54) is 0 Å². The number of anilines is 1. The van der Waals surface area contributed by atoms with Crippen LogP contribution in [-0.4, -0.2) is 4.98 Å². The van der Waals surface area contributed by atoms with Crippen LogP contribution < -0.4 is 16.2 Å². The molecule has 0 saturated carbocycles. The quantitative estimate of drug-likeness (QED) is 0.750. The largest absolute Gasteiger partial charge is 0.437 e. The third-order valence-electron chi connectivity index (χ3n) is 3.88. The number of ether oxygens (including phenoxy) is 1. The lowest BCUT2D eigenvalue weighted by molar-refractivity contribution is 0.456. The van der Waals surface area contributed by atoms with Gasteiger partial charge in [0, 0.05) is 17.7 Å². The fraction of sp³-hybridized carbons (Fsp3) is 0.0500. The topological polar surface area (TPSA) is 122 Å². The lowest BCUT2D eigenvalue weighted by Gasteiger charge is -2.15. The number of rotatable bonds is 4. The monoisotopic (exact) mass is 341 g/mol. The second-order valence-corrected chi connectivity index (χ2v) is 5.43. The van der Waals surface area contributed by atoms with E-state index in [2.05, 4.69) is 11.1 Å². The maximum absolute atomic E-state index is 9.73. The highest BCUT2D eigenvalue weighted by molar-refractivity contribution is 5.82. The molecule has 126 valence electrons. The smallest absolute Gasteiger partial charge is 0.239 e. The molecule has 0 aliphatic carbocycles. The summed E-state index contributed by atoms with van der Waals surface area (Å²) in [4.78, 5) is 4.14. The fourth-order valence-electron chi connectivity index (χ4n) is 2.64. The molecule has 2 aromatic carbocycles. The first kappa shape index (κ1) is 17.0. The van der Waals surface area contributed by atoms with E-state index in [-0.39, 0.29) is 29.4 Å². The third kappa shape index (κ3) is 3.05. The molecule has 0 unspecified atom stereocenters. The summed E-state index contributed by atoms with van der Waals surface area (Å²) in [5, 5.41) is 19.2. The van der Waals surface area contributed by atoms with Crippen molar-refractivity contribution in [3.8, 4) is 34.9 Å². The van der Waals surface area contributed by atoms with Crippen LogP contribution in [0.15, 0.2) is 54.6 Å². The minimum atomic E-state index is 0.00517. The van der Waals surface area contributed by atoms with Gasteiger partial charge in [0.2, 0.25) is 5.88 Å². The number of benzene rings is 2. The summed E-state index contributed by atoms with van der Waals surface area (Å²) >= 11 is 0. The normalized spacial score (nSPS) is 9.96. The average molecular weight is 341 g/mol. The minimum Gasteiger partial charge on any atom is -0.437 e. The standard InChI is InChI=1S/C20H15N5O/c21-10-14-8-4-5-9-17(14)26-20-16(12-23)18(13-6-2-1-3-7-13)15(11-22)19(24)25-20/h1-9H,10,21H2,(H2,24,25). The van der Waals surface area contributed by atoms with Gasteiger partial charge in [-0.2, -0.15) is 15.5 Å². The number of hydrogen-bond donors (Lipinski definition) is 2. The van der Waals surface area contributed by atoms with Gasteiger partial charge in [-0.25, -0.2) is 0 Å². The maximum atomic E-state index is 9.73. The Morgan fingerprint density at radius 3 is 2.23 bits per heavy atom. The van der Waals surface area contributed by atoms with Crippen LogP contribution in [-0.2, 0) is 6.54 Å². The molecule has 6 nitrogen and oxygen atoms in total. The van der Waals surface area contributed by atoms with Crippen LogP contribution in [0.1, 0.15) is 16.7 Å². The van der Waals surface area contributed by atoms with E-state index in [1.54, 1.807) is 24.3 Å². The number of para-hydroxylation sites is 1. The van der Waals surface area contributed by atoms with Crippen LogP contribution >= 0.6 is 0 Å². The summed E-state index contributed by atoms with van der Waals surface area (Å²) in [7, 11) is 0. The molecule has 0 atom stereocenters. The van der Waals surface area contributed by atoms with Gasteiger partial charge < -0.3 is 16.2 Å². The SMILES string of the molecule is N#Cc1c(N)nc(Oc2ccccc2CN)c(C#N)c1-c1ccccc1. The molecule has 1 aromatic heterocycles. The molecule has 3 aromatic rings. The van der Waals surface area contributed by atoms with Crippen molar-refractivity contribution in [2.75, 3.05) is 5.73 Å². The zero-order chi connectivity index (χ0) is 18.5. The summed E-state index contributed by atoms with van der Waals surface area (Å²) in [6.07, 6.45) is 0. The number of pyridine rings is 1. The molecule has 3 rings (SSSR count). The molecule has 0 spiro atoms. The summed E-state index contributed by atoms with van der Waals surface area (Å²) in [6, 6.07) is 20.4. The van der Waals surface area contributed by atoms with Crippen molar-refractivity contribution in [3.05, 3.63) is 71.3 Å². The lowest BCUT2D eigenvalue weighted by atomic mass is 9.96. The predicted molar refractivity (Wildman–Crippen MR) is 97.9 cm³/mol. The molecule has 4 N–H and O–H groups in total. The number of aromatic nitrogens is 1. The van der Waals surface area contributed by atoms with Crippen molar-refractivity contribution in [1.29, 1.82) is 10.5 Å². The zero-order valence-electron chi connectivity index (χ0n) is 13.8. The summed E-state index contributed by atoms with van der Waals surface area (Å²) in [5.41, 5.74) is 13.9. The van der Waals surface area contributed by atoms with Crippen molar-refractivity contribution in [2.45, 2.75) is 6.54 Å². The Morgan fingerprint density at radius 1 is 0.923 bits per heavy atom. The Labute approximate surface area is 150 Å². The van der Waals surface area contributed by atoms with Crippen molar-refractivity contribution in [2.24, 2.45) is 5.73 Å². The number of nitrogen functional groups attached to an aromatic ring is 1. The van der Waals surface area contributed by atoms with E-state index >= 15 is 0 Å². The molecular weight excluding hydrogens is 326 g/mol. The highest BCUT2D eigenvalue weighted by Gasteiger charge is 2.22. The van der Waals surface area contributed by atoms with Gasteiger partial charge in [-0.1, -0.05) is 48.5 Å². The first-order chi connectivity index (χ1) is 12.7. The predicted octanol–water partition coefficient (Wildman–Crippen LogP) is 3.33. The third-order valence-corrected chi connectivity index (χ3v) is 3.88. The molecule has 6 heteroatoms. The van der Waals surface area contributed by atoms with E-state index in [9.17, 15) is 10.5 Å². The van der Waals surface area contributed by atoms with Crippen LogP contribution in [0.25, 0.3) is 11.1 Å². The molecule has 0 aliphatic rings. The Bertz CT molecular complexity index is 1030. The van der Waals surface area contributed by atoms with Gasteiger partial charge in [0.25, 0.3) is 0 Å². The van der Waals surface area contributed by atoms with Crippen molar-refractivity contribution >= 4 is 5.82 Å². The van der Waals surface area contributed by atoms with Crippen molar-refractivity contribution in [3.63, 3.8) is 0 Å². The van der Waals surface area contributed by atoms with Gasteiger partial charge in [-0.15, -0.1) is 0 Å². The second-order valence-electron chi connectivity index (χ2n) is 5.43. The number of nitrogens with zero attached hydrogens (tertiary/aromatic N) is 3. The lowest BCUT2D eigenvalue weighted by Crippen LogP contribution is -2.05. The molecule has 1 heterocycles. The Balaban J connectivity index is 2.24. The molecule has 0 saturated heterocycles. The summed E-state index contributed by atoms with van der Waals surface area (Å²) in [6.45, 7) is 0.273. The van der Waals surface area contributed by atoms with Gasteiger partial charge in [-0.3, -0.25) is 0 Å². The first-order valence-electron chi connectivity index (χ1n) is 7.84. The molecule has 0 amide bonds. The number of nitrogens with two attached hydrogens (primary N) is 2. The zero-order valence-corrected chi connectivity index (χ0v) is 13.8. The molecule has 0 radical (unpaired) electrons. The van der Waals surface area contributed by atoms with Crippen LogP contribution in [0.5, 0.6) is 11.6 Å². The molecule has 0 fully saturated rings.